The van der Waals surface area contributed by atoms with Crippen LogP contribution in [0.4, 0.5) is 4.79 Å². The zero-order valence-electron chi connectivity index (χ0n) is 16.8. The highest BCUT2D eigenvalue weighted by Gasteiger charge is 2.49. The van der Waals surface area contributed by atoms with Crippen LogP contribution in [-0.4, -0.2) is 43.5 Å². The van der Waals surface area contributed by atoms with E-state index in [0.29, 0.717) is 17.1 Å². The lowest BCUT2D eigenvalue weighted by atomic mass is 9.92. The molecule has 1 heterocycles. The van der Waals surface area contributed by atoms with Crippen molar-refractivity contribution < 1.29 is 23.9 Å². The van der Waals surface area contributed by atoms with Gasteiger partial charge in [0.05, 0.1) is 14.2 Å². The van der Waals surface area contributed by atoms with Crippen LogP contribution in [0, 0.1) is 0 Å². The Morgan fingerprint density at radius 3 is 2.53 bits per heavy atom. The van der Waals surface area contributed by atoms with Crippen molar-refractivity contribution in [2.75, 3.05) is 20.8 Å². The second kappa shape index (κ2) is 8.74. The maximum atomic E-state index is 12.9. The number of rotatable bonds is 7. The summed E-state index contributed by atoms with van der Waals surface area (Å²) >= 11 is 3.37. The molecule has 1 fully saturated rings. The number of carbonyl (C=O) groups excluding carboxylic acids is 3. The minimum atomic E-state index is -1.23. The maximum absolute atomic E-state index is 12.9. The van der Waals surface area contributed by atoms with Crippen LogP contribution in [-0.2, 0) is 21.7 Å². The third kappa shape index (κ3) is 4.25. The van der Waals surface area contributed by atoms with E-state index in [4.69, 9.17) is 9.47 Å². The normalized spacial score (nSPS) is 18.2. The van der Waals surface area contributed by atoms with Crippen LogP contribution in [0.25, 0.3) is 0 Å². The third-order valence-electron chi connectivity index (χ3n) is 4.92. The van der Waals surface area contributed by atoms with Gasteiger partial charge in [-0.15, -0.1) is 0 Å². The molecule has 1 atom stereocenters. The van der Waals surface area contributed by atoms with Gasteiger partial charge in [-0.05, 0) is 42.3 Å². The predicted molar refractivity (Wildman–Crippen MR) is 113 cm³/mol. The number of urea groups is 1. The first-order valence-corrected chi connectivity index (χ1v) is 9.95. The standard InChI is InChI=1S/C21H22BrN3O5/c1-21(14-5-4-6-15(22)10-14)19(27)25(20(28)24-21)12-18(26)23-11-13-7-8-16(29-2)17(9-13)30-3/h4-10H,11-12H2,1-3H3,(H,23,26)(H,24,28). The van der Waals surface area contributed by atoms with Crippen molar-refractivity contribution in [3.05, 3.63) is 58.1 Å². The van der Waals surface area contributed by atoms with Crippen molar-refractivity contribution in [2.45, 2.75) is 19.0 Å². The Labute approximate surface area is 182 Å². The zero-order chi connectivity index (χ0) is 21.9. The van der Waals surface area contributed by atoms with Crippen molar-refractivity contribution in [3.63, 3.8) is 0 Å². The van der Waals surface area contributed by atoms with Crippen LogP contribution in [0.15, 0.2) is 46.9 Å². The first-order valence-electron chi connectivity index (χ1n) is 9.16. The fourth-order valence-electron chi connectivity index (χ4n) is 3.23. The number of imide groups is 1. The van der Waals surface area contributed by atoms with Crippen LogP contribution >= 0.6 is 15.9 Å². The topological polar surface area (TPSA) is 97.0 Å². The third-order valence-corrected chi connectivity index (χ3v) is 5.41. The second-order valence-electron chi connectivity index (χ2n) is 6.92. The second-order valence-corrected chi connectivity index (χ2v) is 7.84. The summed E-state index contributed by atoms with van der Waals surface area (Å²) in [7, 11) is 3.07. The molecule has 0 aliphatic carbocycles. The molecule has 4 amide bonds. The van der Waals surface area contributed by atoms with Gasteiger partial charge in [-0.1, -0.05) is 34.1 Å². The molecule has 2 N–H and O–H groups in total. The van der Waals surface area contributed by atoms with E-state index in [1.807, 2.05) is 6.07 Å². The summed E-state index contributed by atoms with van der Waals surface area (Å²) in [4.78, 5) is 38.6. The molecule has 0 radical (unpaired) electrons. The summed E-state index contributed by atoms with van der Waals surface area (Å²) in [6, 6.07) is 11.8. The Kier molecular flexibility index (Phi) is 6.31. The number of carbonyl (C=O) groups is 3. The van der Waals surface area contributed by atoms with Crippen LogP contribution in [0.3, 0.4) is 0 Å². The van der Waals surface area contributed by atoms with Gasteiger partial charge in [0.2, 0.25) is 5.91 Å². The van der Waals surface area contributed by atoms with Crippen molar-refractivity contribution in [1.29, 1.82) is 0 Å². The number of methoxy groups -OCH3 is 2. The molecule has 0 saturated carbocycles. The average Bonchev–Trinajstić information content (AvgIpc) is 2.96. The molecule has 0 aromatic heterocycles. The lowest BCUT2D eigenvalue weighted by molar-refractivity contribution is -0.134. The molecule has 0 bridgehead atoms. The molecule has 2 aromatic carbocycles. The van der Waals surface area contributed by atoms with Gasteiger partial charge in [0.1, 0.15) is 12.1 Å². The molecule has 1 unspecified atom stereocenters. The molecular formula is C21H22BrN3O5. The van der Waals surface area contributed by atoms with Gasteiger partial charge in [0.15, 0.2) is 11.5 Å². The maximum Gasteiger partial charge on any atom is 0.325 e. The molecule has 158 valence electrons. The zero-order valence-corrected chi connectivity index (χ0v) is 18.4. The minimum Gasteiger partial charge on any atom is -0.493 e. The number of benzene rings is 2. The fourth-order valence-corrected chi connectivity index (χ4v) is 3.63. The smallest absolute Gasteiger partial charge is 0.325 e. The number of ether oxygens (including phenoxy) is 2. The Morgan fingerprint density at radius 2 is 1.87 bits per heavy atom. The molecule has 8 nitrogen and oxygen atoms in total. The van der Waals surface area contributed by atoms with E-state index in [0.717, 1.165) is 14.9 Å². The molecule has 2 aromatic rings. The number of nitrogens with zero attached hydrogens (tertiary/aromatic N) is 1. The first kappa shape index (κ1) is 21.6. The van der Waals surface area contributed by atoms with E-state index in [1.165, 1.54) is 7.11 Å². The van der Waals surface area contributed by atoms with Gasteiger partial charge in [-0.2, -0.15) is 0 Å². The lowest BCUT2D eigenvalue weighted by Gasteiger charge is -2.22. The molecule has 3 rings (SSSR count). The van der Waals surface area contributed by atoms with Crippen LogP contribution in [0.1, 0.15) is 18.1 Å². The van der Waals surface area contributed by atoms with Gasteiger partial charge in [0.25, 0.3) is 5.91 Å². The van der Waals surface area contributed by atoms with Gasteiger partial charge in [-0.25, -0.2) is 4.79 Å². The van der Waals surface area contributed by atoms with Crippen molar-refractivity contribution in [1.82, 2.24) is 15.5 Å². The summed E-state index contributed by atoms with van der Waals surface area (Å²) in [5, 5.41) is 5.40. The summed E-state index contributed by atoms with van der Waals surface area (Å²) in [5.74, 6) is 0.195. The molecular weight excluding hydrogens is 454 g/mol. The van der Waals surface area contributed by atoms with Gasteiger partial charge in [0, 0.05) is 11.0 Å². The van der Waals surface area contributed by atoms with Crippen LogP contribution in [0.2, 0.25) is 0 Å². The number of amides is 4. The highest BCUT2D eigenvalue weighted by atomic mass is 79.9. The first-order chi connectivity index (χ1) is 14.3. The number of hydrogen-bond acceptors (Lipinski definition) is 5. The molecule has 1 aliphatic heterocycles. The summed E-state index contributed by atoms with van der Waals surface area (Å²) in [5.41, 5.74) is 0.186. The highest BCUT2D eigenvalue weighted by Crippen LogP contribution is 2.30. The molecule has 30 heavy (non-hydrogen) atoms. The Hall–Kier alpha value is -3.07. The highest BCUT2D eigenvalue weighted by molar-refractivity contribution is 9.10. The van der Waals surface area contributed by atoms with Gasteiger partial charge in [-0.3, -0.25) is 14.5 Å². The molecule has 1 saturated heterocycles. The number of halogens is 1. The van der Waals surface area contributed by atoms with Crippen LogP contribution in [0.5, 0.6) is 11.5 Å². The largest absolute Gasteiger partial charge is 0.493 e. The Bertz CT molecular complexity index is 996. The van der Waals surface area contributed by atoms with Gasteiger partial charge < -0.3 is 20.1 Å². The van der Waals surface area contributed by atoms with Crippen molar-refractivity contribution >= 4 is 33.8 Å². The summed E-state index contributed by atoms with van der Waals surface area (Å²) < 4.78 is 11.2. The van der Waals surface area contributed by atoms with E-state index in [1.54, 1.807) is 50.4 Å². The minimum absolute atomic E-state index is 0.214. The van der Waals surface area contributed by atoms with Crippen molar-refractivity contribution in [3.8, 4) is 11.5 Å². The van der Waals surface area contributed by atoms with E-state index in [2.05, 4.69) is 26.6 Å². The summed E-state index contributed by atoms with van der Waals surface area (Å²) in [6.45, 7) is 1.46. The molecule has 1 aliphatic rings. The Morgan fingerprint density at radius 1 is 1.13 bits per heavy atom. The lowest BCUT2D eigenvalue weighted by Crippen LogP contribution is -2.43. The SMILES string of the molecule is COc1ccc(CNC(=O)CN2C(=O)NC(C)(c3cccc(Br)c3)C2=O)cc1OC. The van der Waals surface area contributed by atoms with E-state index >= 15 is 0 Å². The quantitative estimate of drug-likeness (QED) is 0.599. The summed E-state index contributed by atoms with van der Waals surface area (Å²) in [6.07, 6.45) is 0. The monoisotopic (exact) mass is 475 g/mol. The average molecular weight is 476 g/mol. The van der Waals surface area contributed by atoms with Gasteiger partial charge >= 0.3 is 6.03 Å². The number of hydrogen-bond donors (Lipinski definition) is 2. The van der Waals surface area contributed by atoms with E-state index in [9.17, 15) is 14.4 Å². The Balaban J connectivity index is 1.65. The fraction of sp³-hybridized carbons (Fsp3) is 0.286. The van der Waals surface area contributed by atoms with Crippen LogP contribution < -0.4 is 20.1 Å². The molecule has 9 heteroatoms. The number of nitrogens with one attached hydrogen (secondary N) is 2. The van der Waals surface area contributed by atoms with E-state index in [-0.39, 0.29) is 13.1 Å². The van der Waals surface area contributed by atoms with E-state index < -0.39 is 23.4 Å². The predicted octanol–water partition coefficient (Wildman–Crippen LogP) is 2.55. The van der Waals surface area contributed by atoms with Crippen molar-refractivity contribution in [2.24, 2.45) is 0 Å². The molecule has 0 spiro atoms.